The smallest absolute Gasteiger partial charge is 0.139 e. The molecule has 0 aliphatic carbocycles. The van der Waals surface area contributed by atoms with Crippen LogP contribution in [0.25, 0.3) is 11.0 Å². The first-order valence-electron chi connectivity index (χ1n) is 5.86. The Balaban J connectivity index is 2.05. The van der Waals surface area contributed by atoms with Crippen LogP contribution in [0.2, 0.25) is 5.02 Å². The molecule has 0 spiro atoms. The Morgan fingerprint density at radius 1 is 1.05 bits per heavy atom. The van der Waals surface area contributed by atoms with Crippen LogP contribution >= 0.6 is 11.6 Å². The van der Waals surface area contributed by atoms with E-state index in [0.29, 0.717) is 11.0 Å². The number of hydrogen-bond donors (Lipinski definition) is 1. The lowest BCUT2D eigenvalue weighted by Crippen LogP contribution is -2.01. The van der Waals surface area contributed by atoms with Crippen LogP contribution in [0.15, 0.2) is 46.9 Å². The van der Waals surface area contributed by atoms with Crippen LogP contribution in [0.4, 0.5) is 8.78 Å². The Morgan fingerprint density at radius 2 is 1.85 bits per heavy atom. The Morgan fingerprint density at radius 3 is 2.60 bits per heavy atom. The van der Waals surface area contributed by atoms with E-state index in [1.165, 1.54) is 36.4 Å². The van der Waals surface area contributed by atoms with Crippen molar-refractivity contribution in [3.63, 3.8) is 0 Å². The molecule has 0 saturated heterocycles. The van der Waals surface area contributed by atoms with Gasteiger partial charge in [0.25, 0.3) is 0 Å². The standard InChI is InChI=1S/C15H9ClF2O2/c16-9-1-3-11(12(18)7-9)15(19)14-6-8-5-10(17)2-4-13(8)20-14/h1-7,15,19H. The molecule has 0 radical (unpaired) electrons. The van der Waals surface area contributed by atoms with Crippen LogP contribution in [-0.2, 0) is 0 Å². The van der Waals surface area contributed by atoms with Crippen molar-refractivity contribution < 1.29 is 18.3 Å². The number of aliphatic hydroxyl groups excluding tert-OH is 1. The summed E-state index contributed by atoms with van der Waals surface area (Å²) in [7, 11) is 0. The van der Waals surface area contributed by atoms with Crippen molar-refractivity contribution in [1.29, 1.82) is 0 Å². The summed E-state index contributed by atoms with van der Waals surface area (Å²) in [4.78, 5) is 0. The van der Waals surface area contributed by atoms with Gasteiger partial charge in [0.1, 0.15) is 29.1 Å². The minimum Gasteiger partial charge on any atom is -0.458 e. The molecular formula is C15H9ClF2O2. The number of fused-ring (bicyclic) bond motifs is 1. The Hall–Kier alpha value is -1.91. The highest BCUT2D eigenvalue weighted by Crippen LogP contribution is 2.30. The molecule has 1 atom stereocenters. The van der Waals surface area contributed by atoms with E-state index in [-0.39, 0.29) is 16.3 Å². The van der Waals surface area contributed by atoms with Crippen LogP contribution in [-0.4, -0.2) is 5.11 Å². The van der Waals surface area contributed by atoms with Crippen molar-refractivity contribution in [2.45, 2.75) is 6.10 Å². The van der Waals surface area contributed by atoms with Gasteiger partial charge in [-0.1, -0.05) is 17.7 Å². The van der Waals surface area contributed by atoms with Gasteiger partial charge in [-0.15, -0.1) is 0 Å². The van der Waals surface area contributed by atoms with Crippen molar-refractivity contribution >= 4 is 22.6 Å². The zero-order valence-electron chi connectivity index (χ0n) is 10.1. The molecule has 1 aromatic heterocycles. The van der Waals surface area contributed by atoms with Crippen molar-refractivity contribution in [2.75, 3.05) is 0 Å². The molecule has 0 fully saturated rings. The molecular weight excluding hydrogens is 286 g/mol. The van der Waals surface area contributed by atoms with Gasteiger partial charge in [-0.25, -0.2) is 8.78 Å². The zero-order valence-corrected chi connectivity index (χ0v) is 10.9. The van der Waals surface area contributed by atoms with Crippen LogP contribution in [0.5, 0.6) is 0 Å². The van der Waals surface area contributed by atoms with Crippen molar-refractivity contribution in [1.82, 2.24) is 0 Å². The van der Waals surface area contributed by atoms with E-state index in [0.717, 1.165) is 6.07 Å². The topological polar surface area (TPSA) is 33.4 Å². The van der Waals surface area contributed by atoms with Crippen LogP contribution in [0.1, 0.15) is 17.4 Å². The molecule has 1 unspecified atom stereocenters. The lowest BCUT2D eigenvalue weighted by Gasteiger charge is -2.09. The van der Waals surface area contributed by atoms with Crippen molar-refractivity contribution in [3.8, 4) is 0 Å². The van der Waals surface area contributed by atoms with Crippen LogP contribution in [0.3, 0.4) is 0 Å². The van der Waals surface area contributed by atoms with Gasteiger partial charge in [-0.2, -0.15) is 0 Å². The molecule has 3 rings (SSSR count). The van der Waals surface area contributed by atoms with E-state index in [1.807, 2.05) is 0 Å². The minimum absolute atomic E-state index is 0.0499. The predicted octanol–water partition coefficient (Wildman–Crippen LogP) is 4.45. The maximum absolute atomic E-state index is 13.8. The average Bonchev–Trinajstić information content (AvgIpc) is 2.81. The number of hydrogen-bond acceptors (Lipinski definition) is 2. The molecule has 20 heavy (non-hydrogen) atoms. The number of benzene rings is 2. The third kappa shape index (κ3) is 2.28. The fourth-order valence-corrected chi connectivity index (χ4v) is 2.20. The third-order valence-electron chi connectivity index (χ3n) is 3.02. The first kappa shape index (κ1) is 13.1. The largest absolute Gasteiger partial charge is 0.458 e. The lowest BCUT2D eigenvalue weighted by molar-refractivity contribution is 0.187. The van der Waals surface area contributed by atoms with Gasteiger partial charge in [0.05, 0.1) is 0 Å². The summed E-state index contributed by atoms with van der Waals surface area (Å²) in [6, 6.07) is 9.46. The summed E-state index contributed by atoms with van der Waals surface area (Å²) in [6.07, 6.45) is -1.28. The predicted molar refractivity (Wildman–Crippen MR) is 71.6 cm³/mol. The average molecular weight is 295 g/mol. The van der Waals surface area contributed by atoms with Crippen molar-refractivity contribution in [3.05, 3.63) is 70.4 Å². The summed E-state index contributed by atoms with van der Waals surface area (Å²) in [5.74, 6) is -0.888. The Bertz CT molecular complexity index is 783. The highest BCUT2D eigenvalue weighted by atomic mass is 35.5. The molecule has 0 aliphatic heterocycles. The summed E-state index contributed by atoms with van der Waals surface area (Å²) >= 11 is 5.66. The van der Waals surface area contributed by atoms with E-state index < -0.39 is 17.7 Å². The van der Waals surface area contributed by atoms with Gasteiger partial charge in [0.2, 0.25) is 0 Å². The minimum atomic E-state index is -1.28. The lowest BCUT2D eigenvalue weighted by atomic mass is 10.1. The fraction of sp³-hybridized carbons (Fsp3) is 0.0667. The number of halogens is 3. The summed E-state index contributed by atoms with van der Waals surface area (Å²) in [6.45, 7) is 0. The SMILES string of the molecule is OC(c1cc2cc(F)ccc2o1)c1ccc(Cl)cc1F. The highest BCUT2D eigenvalue weighted by molar-refractivity contribution is 6.30. The third-order valence-corrected chi connectivity index (χ3v) is 3.26. The van der Waals surface area contributed by atoms with E-state index in [1.54, 1.807) is 0 Å². The molecule has 2 aromatic carbocycles. The molecule has 3 aromatic rings. The molecule has 1 heterocycles. The second-order valence-electron chi connectivity index (χ2n) is 4.40. The van der Waals surface area contributed by atoms with Gasteiger partial charge in [0.15, 0.2) is 0 Å². The first-order chi connectivity index (χ1) is 9.54. The summed E-state index contributed by atoms with van der Waals surface area (Å²) in [5.41, 5.74) is 0.476. The maximum Gasteiger partial charge on any atom is 0.139 e. The summed E-state index contributed by atoms with van der Waals surface area (Å²) in [5, 5.41) is 10.9. The van der Waals surface area contributed by atoms with Gasteiger partial charge in [0, 0.05) is 16.0 Å². The number of furan rings is 1. The second kappa shape index (κ2) is 4.89. The van der Waals surface area contributed by atoms with Gasteiger partial charge in [-0.3, -0.25) is 0 Å². The Kier molecular flexibility index (Phi) is 3.20. The van der Waals surface area contributed by atoms with Crippen molar-refractivity contribution in [2.24, 2.45) is 0 Å². The molecule has 0 bridgehead atoms. The molecule has 0 saturated carbocycles. The van der Waals surface area contributed by atoms with Gasteiger partial charge >= 0.3 is 0 Å². The molecule has 1 N–H and O–H groups in total. The quantitative estimate of drug-likeness (QED) is 0.757. The second-order valence-corrected chi connectivity index (χ2v) is 4.84. The number of rotatable bonds is 2. The molecule has 102 valence electrons. The van der Waals surface area contributed by atoms with Gasteiger partial charge < -0.3 is 9.52 Å². The fourth-order valence-electron chi connectivity index (χ4n) is 2.05. The summed E-state index contributed by atoms with van der Waals surface area (Å²) < 4.78 is 32.3. The molecule has 2 nitrogen and oxygen atoms in total. The molecule has 5 heteroatoms. The van der Waals surface area contributed by atoms with E-state index in [4.69, 9.17) is 16.0 Å². The van der Waals surface area contributed by atoms with Gasteiger partial charge in [-0.05, 0) is 36.4 Å². The van der Waals surface area contributed by atoms with E-state index >= 15 is 0 Å². The normalized spacial score (nSPS) is 12.8. The Labute approximate surface area is 118 Å². The molecule has 0 amide bonds. The maximum atomic E-state index is 13.8. The number of aliphatic hydroxyl groups is 1. The zero-order chi connectivity index (χ0) is 14.3. The monoisotopic (exact) mass is 294 g/mol. The van der Waals surface area contributed by atoms with E-state index in [9.17, 15) is 13.9 Å². The highest BCUT2D eigenvalue weighted by Gasteiger charge is 2.19. The van der Waals surface area contributed by atoms with E-state index in [2.05, 4.69) is 0 Å². The van der Waals surface area contributed by atoms with Crippen LogP contribution < -0.4 is 0 Å². The van der Waals surface area contributed by atoms with Crippen LogP contribution in [0, 0.1) is 11.6 Å². The first-order valence-corrected chi connectivity index (χ1v) is 6.24. The molecule has 0 aliphatic rings.